The molecule has 1 aliphatic carbocycles. The van der Waals surface area contributed by atoms with Crippen LogP contribution in [0, 0.1) is 5.92 Å². The molecule has 0 spiro atoms. The van der Waals surface area contributed by atoms with Crippen LogP contribution in [0.4, 0.5) is 0 Å². The minimum absolute atomic E-state index is 0.274. The molecule has 1 rings (SSSR count). The van der Waals surface area contributed by atoms with Crippen molar-refractivity contribution in [1.29, 1.82) is 0 Å². The Bertz CT molecular complexity index is 218. The van der Waals surface area contributed by atoms with Crippen LogP contribution < -0.4 is 5.32 Å². The SMILES string of the molecule is CC(=O)NC1(C(=O)O)CC(C)C1. The van der Waals surface area contributed by atoms with Crippen LogP contribution in [0.15, 0.2) is 0 Å². The fourth-order valence-electron chi connectivity index (χ4n) is 1.80. The number of hydrogen-bond acceptors (Lipinski definition) is 2. The van der Waals surface area contributed by atoms with Crippen LogP contribution in [0.2, 0.25) is 0 Å². The highest BCUT2D eigenvalue weighted by Gasteiger charge is 2.49. The summed E-state index contributed by atoms with van der Waals surface area (Å²) in [5.41, 5.74) is -0.967. The number of nitrogens with one attached hydrogen (secondary N) is 1. The lowest BCUT2D eigenvalue weighted by atomic mass is 9.69. The predicted octanol–water partition coefficient (Wildman–Crippen LogP) is 0.376. The zero-order chi connectivity index (χ0) is 9.35. The maximum absolute atomic E-state index is 10.8. The van der Waals surface area contributed by atoms with Crippen LogP contribution in [0.5, 0.6) is 0 Å². The lowest BCUT2D eigenvalue weighted by molar-refractivity contribution is -0.153. The molecule has 68 valence electrons. The fourth-order valence-corrected chi connectivity index (χ4v) is 1.80. The van der Waals surface area contributed by atoms with Gasteiger partial charge < -0.3 is 10.4 Å². The van der Waals surface area contributed by atoms with Crippen LogP contribution in [0.3, 0.4) is 0 Å². The van der Waals surface area contributed by atoms with Gasteiger partial charge in [0.05, 0.1) is 0 Å². The number of amides is 1. The van der Waals surface area contributed by atoms with Crippen molar-refractivity contribution in [3.63, 3.8) is 0 Å². The Morgan fingerprint density at radius 3 is 2.25 bits per heavy atom. The molecule has 0 unspecified atom stereocenters. The summed E-state index contributed by atoms with van der Waals surface area (Å²) in [5.74, 6) is -0.798. The van der Waals surface area contributed by atoms with Gasteiger partial charge in [0.1, 0.15) is 5.54 Å². The third-order valence-corrected chi connectivity index (χ3v) is 2.22. The van der Waals surface area contributed by atoms with E-state index in [1.54, 1.807) is 0 Å². The van der Waals surface area contributed by atoms with E-state index in [-0.39, 0.29) is 5.91 Å². The van der Waals surface area contributed by atoms with Crippen molar-refractivity contribution in [3.05, 3.63) is 0 Å². The van der Waals surface area contributed by atoms with Gasteiger partial charge in [-0.05, 0) is 18.8 Å². The van der Waals surface area contributed by atoms with Gasteiger partial charge >= 0.3 is 5.97 Å². The van der Waals surface area contributed by atoms with E-state index in [9.17, 15) is 9.59 Å². The van der Waals surface area contributed by atoms with Gasteiger partial charge in [0.25, 0.3) is 0 Å². The summed E-state index contributed by atoms with van der Waals surface area (Å²) in [6.45, 7) is 3.32. The van der Waals surface area contributed by atoms with Crippen LogP contribution >= 0.6 is 0 Å². The third-order valence-electron chi connectivity index (χ3n) is 2.22. The van der Waals surface area contributed by atoms with Crippen molar-refractivity contribution in [2.75, 3.05) is 0 Å². The van der Waals surface area contributed by atoms with E-state index >= 15 is 0 Å². The lowest BCUT2D eigenvalue weighted by Gasteiger charge is -2.42. The summed E-state index contributed by atoms with van der Waals surface area (Å²) < 4.78 is 0. The van der Waals surface area contributed by atoms with Gasteiger partial charge in [-0.15, -0.1) is 0 Å². The molecule has 0 aromatic rings. The Labute approximate surface area is 71.0 Å². The zero-order valence-corrected chi connectivity index (χ0v) is 7.26. The van der Waals surface area contributed by atoms with Crippen molar-refractivity contribution in [2.45, 2.75) is 32.2 Å². The van der Waals surface area contributed by atoms with Crippen LogP contribution in [0.25, 0.3) is 0 Å². The number of carboxylic acid groups (broad SMARTS) is 1. The molecule has 2 N–H and O–H groups in total. The molecule has 0 radical (unpaired) electrons. The standard InChI is InChI=1S/C8H13NO3/c1-5-3-8(4-5,7(11)12)9-6(2)10/h5H,3-4H2,1-2H3,(H,9,10)(H,11,12). The normalized spacial score (nSPS) is 33.7. The molecule has 1 amide bonds. The average molecular weight is 171 g/mol. The largest absolute Gasteiger partial charge is 0.480 e. The monoisotopic (exact) mass is 171 g/mol. The maximum atomic E-state index is 10.8. The number of hydrogen-bond donors (Lipinski definition) is 2. The maximum Gasteiger partial charge on any atom is 0.329 e. The average Bonchev–Trinajstić information content (AvgIpc) is 1.81. The van der Waals surface area contributed by atoms with E-state index in [4.69, 9.17) is 5.11 Å². The predicted molar refractivity (Wildman–Crippen MR) is 42.6 cm³/mol. The third kappa shape index (κ3) is 1.42. The number of aliphatic carboxylic acids is 1. The molecule has 1 fully saturated rings. The number of rotatable bonds is 2. The first-order valence-corrected chi connectivity index (χ1v) is 3.98. The molecule has 0 saturated heterocycles. The highest BCUT2D eigenvalue weighted by molar-refractivity contribution is 5.86. The van der Waals surface area contributed by atoms with Crippen molar-refractivity contribution in [3.8, 4) is 0 Å². The minimum Gasteiger partial charge on any atom is -0.480 e. The molecular formula is C8H13NO3. The zero-order valence-electron chi connectivity index (χ0n) is 7.26. The summed E-state index contributed by atoms with van der Waals surface area (Å²) in [6, 6.07) is 0. The van der Waals surface area contributed by atoms with Crippen LogP contribution in [-0.4, -0.2) is 22.5 Å². The molecular weight excluding hydrogens is 158 g/mol. The molecule has 4 heteroatoms. The molecule has 0 atom stereocenters. The van der Waals surface area contributed by atoms with Crippen molar-refractivity contribution >= 4 is 11.9 Å². The Hall–Kier alpha value is -1.06. The smallest absolute Gasteiger partial charge is 0.329 e. The Balaban J connectivity index is 2.63. The van der Waals surface area contributed by atoms with E-state index in [1.807, 2.05) is 6.92 Å². The van der Waals surface area contributed by atoms with Crippen molar-refractivity contribution in [1.82, 2.24) is 5.32 Å². The van der Waals surface area contributed by atoms with Crippen molar-refractivity contribution < 1.29 is 14.7 Å². The van der Waals surface area contributed by atoms with Gasteiger partial charge in [-0.3, -0.25) is 4.79 Å². The van der Waals surface area contributed by atoms with E-state index in [0.29, 0.717) is 18.8 Å². The Morgan fingerprint density at radius 2 is 2.00 bits per heavy atom. The quantitative estimate of drug-likeness (QED) is 0.631. The highest BCUT2D eigenvalue weighted by atomic mass is 16.4. The highest BCUT2D eigenvalue weighted by Crippen LogP contribution is 2.37. The second-order valence-electron chi connectivity index (χ2n) is 3.58. The van der Waals surface area contributed by atoms with Gasteiger partial charge in [0, 0.05) is 6.92 Å². The summed E-state index contributed by atoms with van der Waals surface area (Å²) in [4.78, 5) is 21.5. The first-order valence-electron chi connectivity index (χ1n) is 3.98. The van der Waals surface area contributed by atoms with Gasteiger partial charge in [-0.2, -0.15) is 0 Å². The van der Waals surface area contributed by atoms with Gasteiger partial charge in [-0.25, -0.2) is 4.79 Å². The van der Waals surface area contributed by atoms with E-state index < -0.39 is 11.5 Å². The number of carboxylic acids is 1. The van der Waals surface area contributed by atoms with Gasteiger partial charge in [-0.1, -0.05) is 6.92 Å². The lowest BCUT2D eigenvalue weighted by Crippen LogP contribution is -2.61. The molecule has 0 aromatic carbocycles. The van der Waals surface area contributed by atoms with Crippen LogP contribution in [0.1, 0.15) is 26.7 Å². The topological polar surface area (TPSA) is 66.4 Å². The fraction of sp³-hybridized carbons (Fsp3) is 0.750. The molecule has 1 saturated carbocycles. The summed E-state index contributed by atoms with van der Waals surface area (Å²) in [6.07, 6.45) is 1.09. The molecule has 0 aliphatic heterocycles. The Kier molecular flexibility index (Phi) is 2.08. The number of carbonyl (C=O) groups excluding carboxylic acids is 1. The summed E-state index contributed by atoms with van der Waals surface area (Å²) in [5, 5.41) is 11.3. The van der Waals surface area contributed by atoms with Gasteiger partial charge in [0.2, 0.25) is 5.91 Å². The molecule has 1 aliphatic rings. The first kappa shape index (κ1) is 9.03. The van der Waals surface area contributed by atoms with E-state index in [0.717, 1.165) is 0 Å². The second-order valence-corrected chi connectivity index (χ2v) is 3.58. The van der Waals surface area contributed by atoms with Crippen molar-refractivity contribution in [2.24, 2.45) is 5.92 Å². The minimum atomic E-state index is -0.967. The molecule has 0 bridgehead atoms. The summed E-state index contributed by atoms with van der Waals surface area (Å²) in [7, 11) is 0. The second kappa shape index (κ2) is 2.77. The Morgan fingerprint density at radius 1 is 1.50 bits per heavy atom. The molecule has 4 nitrogen and oxygen atoms in total. The number of carbonyl (C=O) groups is 2. The van der Waals surface area contributed by atoms with E-state index in [2.05, 4.69) is 5.32 Å². The molecule has 12 heavy (non-hydrogen) atoms. The van der Waals surface area contributed by atoms with Gasteiger partial charge in [0.15, 0.2) is 0 Å². The molecule has 0 aromatic heterocycles. The summed E-state index contributed by atoms with van der Waals surface area (Å²) >= 11 is 0. The van der Waals surface area contributed by atoms with E-state index in [1.165, 1.54) is 6.92 Å². The first-order chi connectivity index (χ1) is 5.46. The van der Waals surface area contributed by atoms with Crippen LogP contribution in [-0.2, 0) is 9.59 Å². The molecule has 0 heterocycles.